The van der Waals surface area contributed by atoms with Crippen molar-refractivity contribution < 1.29 is 0 Å². The van der Waals surface area contributed by atoms with E-state index in [-0.39, 0.29) is 5.54 Å². The van der Waals surface area contributed by atoms with E-state index < -0.39 is 0 Å². The molecule has 2 nitrogen and oxygen atoms in total. The highest BCUT2D eigenvalue weighted by Gasteiger charge is 2.42. The fourth-order valence-electron chi connectivity index (χ4n) is 3.17. The van der Waals surface area contributed by atoms with Gasteiger partial charge in [0.25, 0.3) is 0 Å². The molecule has 114 valence electrons. The second-order valence-electron chi connectivity index (χ2n) is 6.29. The maximum atomic E-state index is 3.81. The van der Waals surface area contributed by atoms with Crippen LogP contribution in [-0.4, -0.2) is 29.1 Å². The minimum atomic E-state index is 0.252. The van der Waals surface area contributed by atoms with Crippen LogP contribution in [0.3, 0.4) is 0 Å². The van der Waals surface area contributed by atoms with Crippen molar-refractivity contribution in [2.45, 2.75) is 64.6 Å². The fourth-order valence-corrected chi connectivity index (χ4v) is 4.63. The highest BCUT2D eigenvalue weighted by molar-refractivity contribution is 9.10. The maximum Gasteiger partial charge on any atom is 0.0335 e. The van der Waals surface area contributed by atoms with Gasteiger partial charge in [-0.2, -0.15) is 0 Å². The van der Waals surface area contributed by atoms with E-state index in [1.54, 1.807) is 0 Å². The SMILES string of the molecule is CCC1(C)CN(Cc2cc(Br)cs2)C(CC)(CC)CN1. The van der Waals surface area contributed by atoms with Crippen LogP contribution in [0, 0.1) is 0 Å². The summed E-state index contributed by atoms with van der Waals surface area (Å²) in [6.45, 7) is 12.6. The Labute approximate surface area is 136 Å². The zero-order chi connectivity index (χ0) is 14.8. The number of nitrogens with zero attached hydrogens (tertiary/aromatic N) is 1. The number of thiophene rings is 1. The van der Waals surface area contributed by atoms with Gasteiger partial charge in [0, 0.05) is 45.4 Å². The van der Waals surface area contributed by atoms with Gasteiger partial charge in [-0.3, -0.25) is 4.90 Å². The van der Waals surface area contributed by atoms with Crippen LogP contribution in [0.5, 0.6) is 0 Å². The molecule has 0 radical (unpaired) electrons. The predicted octanol–water partition coefficient (Wildman–Crippen LogP) is 4.64. The monoisotopic (exact) mass is 358 g/mol. The summed E-state index contributed by atoms with van der Waals surface area (Å²) >= 11 is 5.44. The molecule has 1 aromatic rings. The summed E-state index contributed by atoms with van der Waals surface area (Å²) in [6.07, 6.45) is 3.60. The molecular weight excluding hydrogens is 332 g/mol. The van der Waals surface area contributed by atoms with Gasteiger partial charge in [0.15, 0.2) is 0 Å². The summed E-state index contributed by atoms with van der Waals surface area (Å²) in [5.74, 6) is 0. The van der Waals surface area contributed by atoms with Crippen LogP contribution in [-0.2, 0) is 6.54 Å². The molecule has 1 aliphatic heterocycles. The fraction of sp³-hybridized carbons (Fsp3) is 0.750. The van der Waals surface area contributed by atoms with E-state index in [0.29, 0.717) is 5.54 Å². The first-order valence-electron chi connectivity index (χ1n) is 7.70. The van der Waals surface area contributed by atoms with Crippen molar-refractivity contribution in [2.75, 3.05) is 13.1 Å². The molecule has 1 aromatic heterocycles. The Kier molecular flexibility index (Phi) is 5.33. The lowest BCUT2D eigenvalue weighted by Gasteiger charge is -2.53. The average Bonchev–Trinajstić information content (AvgIpc) is 2.85. The van der Waals surface area contributed by atoms with Crippen molar-refractivity contribution in [1.82, 2.24) is 10.2 Å². The van der Waals surface area contributed by atoms with Gasteiger partial charge in [0.2, 0.25) is 0 Å². The first-order valence-corrected chi connectivity index (χ1v) is 9.37. The summed E-state index contributed by atoms with van der Waals surface area (Å²) in [5.41, 5.74) is 0.563. The van der Waals surface area contributed by atoms with Gasteiger partial charge in [0.05, 0.1) is 0 Å². The molecule has 1 aliphatic rings. The molecule has 0 aromatic carbocycles. The Bertz CT molecular complexity index is 441. The topological polar surface area (TPSA) is 15.3 Å². The zero-order valence-electron chi connectivity index (χ0n) is 13.1. The van der Waals surface area contributed by atoms with Crippen LogP contribution in [0.1, 0.15) is 51.8 Å². The van der Waals surface area contributed by atoms with E-state index in [1.165, 1.54) is 28.6 Å². The molecule has 0 aliphatic carbocycles. The zero-order valence-corrected chi connectivity index (χ0v) is 15.5. The molecule has 4 heteroatoms. The molecule has 2 heterocycles. The van der Waals surface area contributed by atoms with Crippen molar-refractivity contribution in [3.05, 3.63) is 20.8 Å². The van der Waals surface area contributed by atoms with Crippen molar-refractivity contribution >= 4 is 27.3 Å². The van der Waals surface area contributed by atoms with Gasteiger partial charge in [-0.15, -0.1) is 11.3 Å². The average molecular weight is 359 g/mol. The largest absolute Gasteiger partial charge is 0.308 e. The van der Waals surface area contributed by atoms with Crippen molar-refractivity contribution in [3.63, 3.8) is 0 Å². The van der Waals surface area contributed by atoms with Crippen LogP contribution in [0.4, 0.5) is 0 Å². The number of halogens is 1. The smallest absolute Gasteiger partial charge is 0.0335 e. The highest BCUT2D eigenvalue weighted by atomic mass is 79.9. The van der Waals surface area contributed by atoms with Crippen molar-refractivity contribution in [3.8, 4) is 0 Å². The van der Waals surface area contributed by atoms with Crippen LogP contribution >= 0.6 is 27.3 Å². The number of hydrogen-bond donors (Lipinski definition) is 1. The lowest BCUT2D eigenvalue weighted by molar-refractivity contribution is -0.00337. The Morgan fingerprint density at radius 2 is 2.00 bits per heavy atom. The van der Waals surface area contributed by atoms with Crippen molar-refractivity contribution in [1.29, 1.82) is 0 Å². The molecular formula is C16H27BrN2S. The third-order valence-corrected chi connectivity index (χ3v) is 6.80. The van der Waals surface area contributed by atoms with Crippen LogP contribution < -0.4 is 5.32 Å². The predicted molar refractivity (Wildman–Crippen MR) is 92.4 cm³/mol. The molecule has 1 fully saturated rings. The number of hydrogen-bond acceptors (Lipinski definition) is 3. The molecule has 2 rings (SSSR count). The molecule has 1 N–H and O–H groups in total. The number of rotatable bonds is 5. The Hall–Kier alpha value is 0.1000. The summed E-state index contributed by atoms with van der Waals surface area (Å²) in [5, 5.41) is 6.00. The Balaban J connectivity index is 2.21. The van der Waals surface area contributed by atoms with Crippen LogP contribution in [0.25, 0.3) is 0 Å². The van der Waals surface area contributed by atoms with E-state index in [2.05, 4.69) is 65.3 Å². The molecule has 0 bridgehead atoms. The van der Waals surface area contributed by atoms with Gasteiger partial charge in [-0.05, 0) is 48.2 Å². The second-order valence-corrected chi connectivity index (χ2v) is 8.20. The van der Waals surface area contributed by atoms with Gasteiger partial charge in [-0.25, -0.2) is 0 Å². The van der Waals surface area contributed by atoms with Gasteiger partial charge in [-0.1, -0.05) is 20.8 Å². The van der Waals surface area contributed by atoms with Gasteiger partial charge >= 0.3 is 0 Å². The summed E-state index contributed by atoms with van der Waals surface area (Å²) in [4.78, 5) is 4.19. The molecule has 0 amide bonds. The van der Waals surface area contributed by atoms with Gasteiger partial charge in [0.1, 0.15) is 0 Å². The van der Waals surface area contributed by atoms with E-state index in [9.17, 15) is 0 Å². The van der Waals surface area contributed by atoms with E-state index in [0.717, 1.165) is 19.6 Å². The van der Waals surface area contributed by atoms with Gasteiger partial charge < -0.3 is 5.32 Å². The van der Waals surface area contributed by atoms with E-state index in [1.807, 2.05) is 11.3 Å². The minimum absolute atomic E-state index is 0.252. The first kappa shape index (κ1) is 16.5. The Morgan fingerprint density at radius 3 is 2.50 bits per heavy atom. The highest BCUT2D eigenvalue weighted by Crippen LogP contribution is 2.34. The third kappa shape index (κ3) is 3.29. The van der Waals surface area contributed by atoms with Crippen LogP contribution in [0.15, 0.2) is 15.9 Å². The standard InChI is InChI=1S/C16H27BrN2S/c1-5-15(4)12-19(9-14-8-13(17)10-20-14)16(6-2,7-3)11-18-15/h8,10,18H,5-7,9,11-12H2,1-4H3. The van der Waals surface area contributed by atoms with Crippen LogP contribution in [0.2, 0.25) is 0 Å². The second kappa shape index (κ2) is 6.47. The summed E-state index contributed by atoms with van der Waals surface area (Å²) in [6, 6.07) is 2.27. The van der Waals surface area contributed by atoms with E-state index >= 15 is 0 Å². The molecule has 1 atom stereocenters. The first-order chi connectivity index (χ1) is 9.47. The summed E-state index contributed by atoms with van der Waals surface area (Å²) < 4.78 is 1.21. The lowest BCUT2D eigenvalue weighted by atomic mass is 9.82. The minimum Gasteiger partial charge on any atom is -0.308 e. The molecule has 0 saturated carbocycles. The quantitative estimate of drug-likeness (QED) is 0.824. The molecule has 1 saturated heterocycles. The van der Waals surface area contributed by atoms with Crippen molar-refractivity contribution in [2.24, 2.45) is 0 Å². The number of piperazine rings is 1. The Morgan fingerprint density at radius 1 is 1.30 bits per heavy atom. The molecule has 1 unspecified atom stereocenters. The molecule has 0 spiro atoms. The number of nitrogens with one attached hydrogen (secondary N) is 1. The summed E-state index contributed by atoms with van der Waals surface area (Å²) in [7, 11) is 0. The maximum absolute atomic E-state index is 3.81. The molecule has 20 heavy (non-hydrogen) atoms. The van der Waals surface area contributed by atoms with E-state index in [4.69, 9.17) is 0 Å². The normalized spacial score (nSPS) is 26.9. The lowest BCUT2D eigenvalue weighted by Crippen LogP contribution is -2.68. The third-order valence-electron chi connectivity index (χ3n) is 5.12.